The highest BCUT2D eigenvalue weighted by molar-refractivity contribution is 5.89. The van der Waals surface area contributed by atoms with Gasteiger partial charge in [-0.05, 0) is 78.1 Å². The van der Waals surface area contributed by atoms with Crippen molar-refractivity contribution >= 4 is 28.9 Å². The molecule has 5 N–H and O–H groups in total. The van der Waals surface area contributed by atoms with Gasteiger partial charge in [0.05, 0.1) is 0 Å². The van der Waals surface area contributed by atoms with Crippen LogP contribution < -0.4 is 16.8 Å². The second kappa shape index (κ2) is 18.2. The predicted molar refractivity (Wildman–Crippen MR) is 180 cm³/mol. The Morgan fingerprint density at radius 2 is 1.26 bits per heavy atom. The van der Waals surface area contributed by atoms with Crippen LogP contribution in [0.15, 0.2) is 97.1 Å². The Balaban J connectivity index is 1.33. The van der Waals surface area contributed by atoms with E-state index in [0.717, 1.165) is 46.7 Å². The van der Waals surface area contributed by atoms with Crippen LogP contribution in [0.3, 0.4) is 0 Å². The van der Waals surface area contributed by atoms with Crippen LogP contribution in [-0.4, -0.2) is 48.7 Å². The molecule has 0 aliphatic carbocycles. The summed E-state index contributed by atoms with van der Waals surface area (Å²) in [6.07, 6.45) is 2.99. The molecule has 0 bridgehead atoms. The zero-order valence-corrected chi connectivity index (χ0v) is 26.2. The van der Waals surface area contributed by atoms with Crippen molar-refractivity contribution in [3.05, 3.63) is 119 Å². The smallest absolute Gasteiger partial charge is 0.410 e. The first-order chi connectivity index (χ1) is 22.5. The van der Waals surface area contributed by atoms with E-state index in [1.165, 1.54) is 10.5 Å². The molecular formula is C37H44N4O5. The maximum atomic E-state index is 13.1. The second-order valence-corrected chi connectivity index (χ2v) is 11.2. The van der Waals surface area contributed by atoms with E-state index in [0.29, 0.717) is 32.4 Å². The number of rotatable bonds is 17. The van der Waals surface area contributed by atoms with E-state index < -0.39 is 24.1 Å². The van der Waals surface area contributed by atoms with Crippen LogP contribution in [0.5, 0.6) is 0 Å². The Labute approximate surface area is 270 Å². The van der Waals surface area contributed by atoms with Crippen LogP contribution in [0, 0.1) is 0 Å². The Morgan fingerprint density at radius 3 is 1.85 bits per heavy atom. The number of aryl methyl sites for hydroxylation is 2. The number of nitrogens with zero attached hydrogens (tertiary/aromatic N) is 1. The third-order valence-corrected chi connectivity index (χ3v) is 7.89. The predicted octanol–water partition coefficient (Wildman–Crippen LogP) is 5.86. The number of fused-ring (bicyclic) bond motifs is 1. The molecule has 0 saturated heterocycles. The number of benzene rings is 4. The number of carbonyl (C=O) groups is 3. The molecule has 9 heteroatoms. The van der Waals surface area contributed by atoms with Crippen LogP contribution in [0.4, 0.5) is 9.59 Å². The molecule has 9 nitrogen and oxygen atoms in total. The molecule has 0 heterocycles. The highest BCUT2D eigenvalue weighted by Crippen LogP contribution is 2.26. The van der Waals surface area contributed by atoms with E-state index >= 15 is 0 Å². The minimum Gasteiger partial charge on any atom is -0.445 e. The summed E-state index contributed by atoms with van der Waals surface area (Å²) in [6.45, 7) is 1.53. The number of amides is 3. The molecule has 0 aliphatic heterocycles. The fourth-order valence-corrected chi connectivity index (χ4v) is 5.45. The Kier molecular flexibility index (Phi) is 13.4. The van der Waals surface area contributed by atoms with Gasteiger partial charge in [0, 0.05) is 13.1 Å². The van der Waals surface area contributed by atoms with Gasteiger partial charge in [-0.25, -0.2) is 9.59 Å². The topological polar surface area (TPSA) is 137 Å². The lowest BCUT2D eigenvalue weighted by Gasteiger charge is -2.29. The standard InChI is InChI=1S/C37H44N4O5/c38-23-11-25-41(37(44)46-27-29-14-5-2-6-15-29)34(35(39)42)22-21-31-20-19-30(32-17-7-8-18-33(31)32)16-9-10-24-40-36(43)45-26-28-12-3-1-4-13-28/h1-8,12-15,17-20,34H,9-11,16,21-27,38H2,(H2,39,42)(H,40,43)/t34-/m0/s1. The quantitative estimate of drug-likeness (QED) is 0.126. The molecule has 3 amide bonds. The molecule has 0 saturated carbocycles. The van der Waals surface area contributed by atoms with Gasteiger partial charge in [0.1, 0.15) is 19.3 Å². The molecule has 242 valence electrons. The molecule has 0 radical (unpaired) electrons. The number of hydrogen-bond donors (Lipinski definition) is 3. The van der Waals surface area contributed by atoms with Gasteiger partial charge < -0.3 is 26.3 Å². The van der Waals surface area contributed by atoms with Crippen molar-refractivity contribution in [3.8, 4) is 0 Å². The Hall–Kier alpha value is -4.89. The van der Waals surface area contributed by atoms with Gasteiger partial charge in [-0.1, -0.05) is 97.1 Å². The molecule has 46 heavy (non-hydrogen) atoms. The number of primary amides is 1. The third kappa shape index (κ3) is 10.3. The largest absolute Gasteiger partial charge is 0.445 e. The summed E-state index contributed by atoms with van der Waals surface area (Å²) in [5.74, 6) is -0.577. The summed E-state index contributed by atoms with van der Waals surface area (Å²) in [6, 6.07) is 30.6. The Morgan fingerprint density at radius 1 is 0.696 bits per heavy atom. The summed E-state index contributed by atoms with van der Waals surface area (Å²) in [5, 5.41) is 5.07. The van der Waals surface area contributed by atoms with Gasteiger partial charge in [-0.15, -0.1) is 0 Å². The maximum Gasteiger partial charge on any atom is 0.410 e. The SMILES string of the molecule is NCCCN(C(=O)OCc1ccccc1)[C@@H](CCc1ccc(CCCCNC(=O)OCc2ccccc2)c2ccccc12)C(N)=O. The number of nitrogens with two attached hydrogens (primary N) is 2. The molecule has 0 aromatic heterocycles. The lowest BCUT2D eigenvalue weighted by atomic mass is 9.93. The van der Waals surface area contributed by atoms with E-state index in [1.54, 1.807) is 0 Å². The summed E-state index contributed by atoms with van der Waals surface area (Å²) in [5.41, 5.74) is 15.7. The van der Waals surface area contributed by atoms with Crippen molar-refractivity contribution in [2.24, 2.45) is 11.5 Å². The maximum absolute atomic E-state index is 13.1. The van der Waals surface area contributed by atoms with Gasteiger partial charge in [-0.2, -0.15) is 0 Å². The van der Waals surface area contributed by atoms with Crippen molar-refractivity contribution in [2.75, 3.05) is 19.6 Å². The molecule has 4 rings (SSSR count). The van der Waals surface area contributed by atoms with Crippen LogP contribution >= 0.6 is 0 Å². The van der Waals surface area contributed by atoms with Crippen molar-refractivity contribution < 1.29 is 23.9 Å². The summed E-state index contributed by atoms with van der Waals surface area (Å²) >= 11 is 0. The average molecular weight is 625 g/mol. The number of ether oxygens (including phenoxy) is 2. The Bertz CT molecular complexity index is 1550. The molecule has 4 aromatic carbocycles. The highest BCUT2D eigenvalue weighted by Gasteiger charge is 2.29. The van der Waals surface area contributed by atoms with Gasteiger partial charge in [0.15, 0.2) is 0 Å². The molecular weight excluding hydrogens is 580 g/mol. The summed E-state index contributed by atoms with van der Waals surface area (Å²) in [7, 11) is 0. The first-order valence-corrected chi connectivity index (χ1v) is 15.9. The highest BCUT2D eigenvalue weighted by atomic mass is 16.6. The van der Waals surface area contributed by atoms with Gasteiger partial charge in [-0.3, -0.25) is 9.69 Å². The van der Waals surface area contributed by atoms with Crippen LogP contribution in [-0.2, 0) is 40.3 Å². The average Bonchev–Trinajstić information content (AvgIpc) is 3.08. The van der Waals surface area contributed by atoms with E-state index in [9.17, 15) is 14.4 Å². The van der Waals surface area contributed by atoms with E-state index in [-0.39, 0.29) is 19.8 Å². The molecule has 1 atom stereocenters. The van der Waals surface area contributed by atoms with Crippen molar-refractivity contribution in [1.29, 1.82) is 0 Å². The van der Waals surface area contributed by atoms with Crippen LogP contribution in [0.2, 0.25) is 0 Å². The lowest BCUT2D eigenvalue weighted by Crippen LogP contribution is -2.49. The fraction of sp³-hybridized carbons (Fsp3) is 0.324. The van der Waals surface area contributed by atoms with Gasteiger partial charge in [0.25, 0.3) is 0 Å². The van der Waals surface area contributed by atoms with Crippen LogP contribution in [0.1, 0.15) is 47.9 Å². The van der Waals surface area contributed by atoms with Gasteiger partial charge in [0.2, 0.25) is 5.91 Å². The third-order valence-electron chi connectivity index (χ3n) is 7.89. The minimum absolute atomic E-state index is 0.102. The molecule has 0 unspecified atom stereocenters. The van der Waals surface area contributed by atoms with Crippen LogP contribution in [0.25, 0.3) is 10.8 Å². The fourth-order valence-electron chi connectivity index (χ4n) is 5.45. The van der Waals surface area contributed by atoms with Gasteiger partial charge >= 0.3 is 12.2 Å². The summed E-state index contributed by atoms with van der Waals surface area (Å²) < 4.78 is 10.8. The zero-order chi connectivity index (χ0) is 32.6. The zero-order valence-electron chi connectivity index (χ0n) is 26.2. The number of nitrogens with one attached hydrogen (secondary N) is 1. The molecule has 0 aliphatic rings. The molecule has 0 spiro atoms. The number of alkyl carbamates (subject to hydrolysis) is 1. The van der Waals surface area contributed by atoms with E-state index in [1.807, 2.05) is 72.8 Å². The first-order valence-electron chi connectivity index (χ1n) is 15.9. The molecule has 0 fully saturated rings. The van der Waals surface area contributed by atoms with Crippen molar-refractivity contribution in [1.82, 2.24) is 10.2 Å². The minimum atomic E-state index is -0.833. The molecule has 4 aromatic rings. The number of hydrogen-bond acceptors (Lipinski definition) is 6. The number of carbonyl (C=O) groups excluding carboxylic acids is 3. The lowest BCUT2D eigenvalue weighted by molar-refractivity contribution is -0.123. The summed E-state index contributed by atoms with van der Waals surface area (Å²) in [4.78, 5) is 39.2. The normalized spacial score (nSPS) is 11.5. The monoisotopic (exact) mass is 624 g/mol. The first kappa shape index (κ1) is 34.0. The van der Waals surface area contributed by atoms with Crippen molar-refractivity contribution in [3.63, 3.8) is 0 Å². The number of unbranched alkanes of at least 4 members (excludes halogenated alkanes) is 1. The van der Waals surface area contributed by atoms with Crippen molar-refractivity contribution in [2.45, 2.75) is 57.8 Å². The van der Waals surface area contributed by atoms with E-state index in [4.69, 9.17) is 20.9 Å². The van der Waals surface area contributed by atoms with E-state index in [2.05, 4.69) is 29.6 Å². The second-order valence-electron chi connectivity index (χ2n) is 11.2.